The average Bonchev–Trinajstić information content (AvgIpc) is 2.87. The zero-order chi connectivity index (χ0) is 25.6. The molecule has 182 valence electrons. The summed E-state index contributed by atoms with van der Waals surface area (Å²) < 4.78 is 40.6. The quantitative estimate of drug-likeness (QED) is 0.187. The van der Waals surface area contributed by atoms with E-state index >= 15 is 0 Å². The molecule has 5 rings (SSSR count). The summed E-state index contributed by atoms with van der Waals surface area (Å²) in [4.78, 5) is 10.7. The number of hydrogen-bond donors (Lipinski definition) is 2. The highest BCUT2D eigenvalue weighted by molar-refractivity contribution is 14.1. The monoisotopic (exact) mass is 713 g/mol. The van der Waals surface area contributed by atoms with Gasteiger partial charge >= 0.3 is 6.18 Å². The third kappa shape index (κ3) is 4.51. The predicted molar refractivity (Wildman–Crippen MR) is 150 cm³/mol. The van der Waals surface area contributed by atoms with Gasteiger partial charge in [-0.3, -0.25) is 9.97 Å². The first kappa shape index (κ1) is 24.8. The molecule has 0 bridgehead atoms. The zero-order valence-electron chi connectivity index (χ0n) is 18.3. The van der Waals surface area contributed by atoms with Crippen LogP contribution in [0.4, 0.5) is 24.5 Å². The molecule has 2 heterocycles. The van der Waals surface area contributed by atoms with Gasteiger partial charge < -0.3 is 15.1 Å². The fraction of sp³-hybridized carbons (Fsp3) is 0.0769. The molecule has 36 heavy (non-hydrogen) atoms. The largest absolute Gasteiger partial charge is 0.505 e. The van der Waals surface area contributed by atoms with Gasteiger partial charge in [-0.1, -0.05) is 12.1 Å². The van der Waals surface area contributed by atoms with Gasteiger partial charge in [0.05, 0.1) is 24.1 Å². The van der Waals surface area contributed by atoms with Gasteiger partial charge in [-0.25, -0.2) is 0 Å². The number of nitrogens with zero attached hydrogens (tertiary/aromatic N) is 3. The second-order valence-corrected chi connectivity index (χ2v) is 10.4. The van der Waals surface area contributed by atoms with E-state index in [1.54, 1.807) is 24.5 Å². The standard InChI is InChI=1S/C26H16F3I2N3O2/c27-26(28,29)15-7-5-14(6-8-15)13-34(20-11-18(30)24(35)22-16(20)3-1-9-32-22)21-12-19(31)25(36)23-17(21)4-2-10-33-23/h1-12,35-36H,13H2. The molecule has 0 unspecified atom stereocenters. The summed E-state index contributed by atoms with van der Waals surface area (Å²) in [5, 5.41) is 22.6. The second-order valence-electron chi connectivity index (χ2n) is 8.03. The van der Waals surface area contributed by atoms with E-state index in [4.69, 9.17) is 0 Å². The fourth-order valence-corrected chi connectivity index (χ4v) is 5.19. The van der Waals surface area contributed by atoms with Crippen LogP contribution in [-0.2, 0) is 12.7 Å². The number of hydrogen-bond acceptors (Lipinski definition) is 5. The Kier molecular flexibility index (Phi) is 6.57. The van der Waals surface area contributed by atoms with Gasteiger partial charge in [-0.05, 0) is 99.3 Å². The molecular formula is C26H16F3I2N3O2. The van der Waals surface area contributed by atoms with E-state index in [9.17, 15) is 23.4 Å². The Morgan fingerprint density at radius 3 is 1.67 bits per heavy atom. The van der Waals surface area contributed by atoms with E-state index in [0.717, 1.165) is 12.1 Å². The van der Waals surface area contributed by atoms with Gasteiger partial charge in [-0.2, -0.15) is 13.2 Å². The number of alkyl halides is 3. The second kappa shape index (κ2) is 9.54. The molecular weight excluding hydrogens is 697 g/mol. The van der Waals surface area contributed by atoms with Crippen molar-refractivity contribution in [2.45, 2.75) is 12.7 Å². The van der Waals surface area contributed by atoms with Crippen molar-refractivity contribution in [1.29, 1.82) is 0 Å². The summed E-state index contributed by atoms with van der Waals surface area (Å²) in [6.07, 6.45) is -1.25. The molecule has 0 fully saturated rings. The normalized spacial score (nSPS) is 11.8. The van der Waals surface area contributed by atoms with Gasteiger partial charge in [0.15, 0.2) is 11.5 Å². The first-order chi connectivity index (χ1) is 17.1. The lowest BCUT2D eigenvalue weighted by atomic mass is 10.1. The van der Waals surface area contributed by atoms with Crippen molar-refractivity contribution in [2.75, 3.05) is 4.90 Å². The highest BCUT2D eigenvalue weighted by Crippen LogP contribution is 2.44. The van der Waals surface area contributed by atoms with Crippen molar-refractivity contribution < 1.29 is 23.4 Å². The number of phenolic OH excluding ortho intramolecular Hbond substituents is 2. The Hall–Kier alpha value is -2.87. The van der Waals surface area contributed by atoms with Crippen molar-refractivity contribution in [3.8, 4) is 11.5 Å². The summed E-state index contributed by atoms with van der Waals surface area (Å²) in [7, 11) is 0. The topological polar surface area (TPSA) is 69.5 Å². The number of aromatic nitrogens is 2. The molecule has 10 heteroatoms. The van der Waals surface area contributed by atoms with Crippen LogP contribution in [0.3, 0.4) is 0 Å². The number of halogens is 5. The molecule has 2 aromatic heterocycles. The van der Waals surface area contributed by atoms with Crippen LogP contribution >= 0.6 is 45.2 Å². The molecule has 3 aromatic carbocycles. The average molecular weight is 713 g/mol. The predicted octanol–water partition coefficient (Wildman–Crippen LogP) is 7.76. The minimum Gasteiger partial charge on any atom is -0.505 e. The SMILES string of the molecule is Oc1c(I)cc(N(Cc2ccc(C(F)(F)F)cc2)c2cc(I)c(O)c3ncccc23)c2cccnc12. The lowest BCUT2D eigenvalue weighted by molar-refractivity contribution is -0.137. The molecule has 0 aliphatic rings. The summed E-state index contributed by atoms with van der Waals surface area (Å²) in [5.74, 6) is 0.104. The summed E-state index contributed by atoms with van der Waals surface area (Å²) >= 11 is 4.06. The van der Waals surface area contributed by atoms with Crippen LogP contribution in [0.2, 0.25) is 0 Å². The highest BCUT2D eigenvalue weighted by atomic mass is 127. The number of fused-ring (bicyclic) bond motifs is 2. The third-order valence-electron chi connectivity index (χ3n) is 5.80. The van der Waals surface area contributed by atoms with Gasteiger partial charge in [0.2, 0.25) is 0 Å². The maximum Gasteiger partial charge on any atom is 0.416 e. The summed E-state index contributed by atoms with van der Waals surface area (Å²) in [5.41, 5.74) is 2.14. The molecule has 0 saturated heterocycles. The number of aromatic hydroxyl groups is 2. The third-order valence-corrected chi connectivity index (χ3v) is 7.44. The number of anilines is 2. The molecule has 5 nitrogen and oxygen atoms in total. The minimum atomic E-state index is -4.43. The van der Waals surface area contributed by atoms with Crippen molar-refractivity contribution in [1.82, 2.24) is 9.97 Å². The van der Waals surface area contributed by atoms with Crippen molar-refractivity contribution in [3.63, 3.8) is 0 Å². The first-order valence-electron chi connectivity index (χ1n) is 10.6. The first-order valence-corrected chi connectivity index (χ1v) is 12.8. The molecule has 0 amide bonds. The maximum atomic E-state index is 13.2. The number of pyridine rings is 2. The minimum absolute atomic E-state index is 0.0521. The number of rotatable bonds is 4. The maximum absolute atomic E-state index is 13.2. The van der Waals surface area contributed by atoms with E-state index in [-0.39, 0.29) is 18.0 Å². The summed E-state index contributed by atoms with van der Waals surface area (Å²) in [6.45, 7) is 0.216. The van der Waals surface area contributed by atoms with Crippen molar-refractivity contribution >= 4 is 78.4 Å². The Morgan fingerprint density at radius 2 is 1.22 bits per heavy atom. The molecule has 2 N–H and O–H groups in total. The Balaban J connectivity index is 1.77. The smallest absolute Gasteiger partial charge is 0.416 e. The molecule has 0 aliphatic heterocycles. The lowest BCUT2D eigenvalue weighted by Gasteiger charge is -2.29. The molecule has 0 atom stereocenters. The number of benzene rings is 3. The van der Waals surface area contributed by atoms with Gasteiger partial charge in [0.1, 0.15) is 11.0 Å². The van der Waals surface area contributed by atoms with Crippen LogP contribution in [0.25, 0.3) is 21.8 Å². The molecule has 5 aromatic rings. The number of phenols is 2. The van der Waals surface area contributed by atoms with E-state index in [2.05, 4.69) is 9.97 Å². The van der Waals surface area contributed by atoms with Gasteiger partial charge in [0, 0.05) is 29.7 Å². The van der Waals surface area contributed by atoms with Crippen LogP contribution < -0.4 is 4.90 Å². The van der Waals surface area contributed by atoms with Gasteiger partial charge in [0.25, 0.3) is 0 Å². The zero-order valence-corrected chi connectivity index (χ0v) is 22.6. The van der Waals surface area contributed by atoms with Gasteiger partial charge in [-0.15, -0.1) is 0 Å². The van der Waals surface area contributed by atoms with E-state index in [1.807, 2.05) is 74.3 Å². The van der Waals surface area contributed by atoms with Crippen LogP contribution in [0.15, 0.2) is 73.1 Å². The fourth-order valence-electron chi connectivity index (χ4n) is 4.09. The molecule has 0 radical (unpaired) electrons. The molecule has 0 spiro atoms. The van der Waals surface area contributed by atoms with E-state index < -0.39 is 11.7 Å². The Labute approximate surface area is 230 Å². The molecule has 0 saturated carbocycles. The van der Waals surface area contributed by atoms with Crippen LogP contribution in [0, 0.1) is 7.14 Å². The van der Waals surface area contributed by atoms with Crippen LogP contribution in [0.1, 0.15) is 11.1 Å². The van der Waals surface area contributed by atoms with Crippen molar-refractivity contribution in [2.24, 2.45) is 0 Å². The Morgan fingerprint density at radius 1 is 0.750 bits per heavy atom. The Bertz CT molecular complexity index is 1520. The highest BCUT2D eigenvalue weighted by Gasteiger charge is 2.30. The van der Waals surface area contributed by atoms with Crippen molar-refractivity contribution in [3.05, 3.63) is 91.3 Å². The van der Waals surface area contributed by atoms with E-state index in [1.165, 1.54) is 12.1 Å². The lowest BCUT2D eigenvalue weighted by Crippen LogP contribution is -2.18. The van der Waals surface area contributed by atoms with Crippen LogP contribution in [-0.4, -0.2) is 20.2 Å². The van der Waals surface area contributed by atoms with E-state index in [0.29, 0.717) is 45.9 Å². The molecule has 0 aliphatic carbocycles. The van der Waals surface area contributed by atoms with Crippen LogP contribution in [0.5, 0.6) is 11.5 Å². The summed E-state index contributed by atoms with van der Waals surface area (Å²) in [6, 6.07) is 15.8.